The van der Waals surface area contributed by atoms with Crippen molar-refractivity contribution in [3.63, 3.8) is 0 Å². The molecule has 2 aliphatic carbocycles. The van der Waals surface area contributed by atoms with Crippen molar-refractivity contribution in [3.8, 4) is 11.1 Å². The van der Waals surface area contributed by atoms with Gasteiger partial charge in [-0.2, -0.15) is 0 Å². The van der Waals surface area contributed by atoms with Gasteiger partial charge in [-0.05, 0) is 86.3 Å². The van der Waals surface area contributed by atoms with Crippen LogP contribution >= 0.6 is 0 Å². The minimum absolute atomic E-state index is 0.366. The van der Waals surface area contributed by atoms with Crippen LogP contribution in [0.15, 0.2) is 60.7 Å². The molecule has 0 aliphatic heterocycles. The molecule has 0 N–H and O–H groups in total. The van der Waals surface area contributed by atoms with Gasteiger partial charge in [0, 0.05) is 0 Å². The van der Waals surface area contributed by atoms with Gasteiger partial charge in [-0.25, -0.2) is 0 Å². The van der Waals surface area contributed by atoms with E-state index in [2.05, 4.69) is 74.5 Å². The largest absolute Gasteiger partial charge is 0.374 e. The summed E-state index contributed by atoms with van der Waals surface area (Å²) in [5.41, 5.74) is 5.46. The number of allylic oxidation sites excluding steroid dienone is 1. The summed E-state index contributed by atoms with van der Waals surface area (Å²) in [6.45, 7) is 5.38. The van der Waals surface area contributed by atoms with Gasteiger partial charge >= 0.3 is 0 Å². The van der Waals surface area contributed by atoms with Crippen molar-refractivity contribution < 1.29 is 4.74 Å². The summed E-state index contributed by atoms with van der Waals surface area (Å²) in [7, 11) is 0. The molecule has 1 nitrogen and oxygen atoms in total. The van der Waals surface area contributed by atoms with Crippen LogP contribution < -0.4 is 0 Å². The standard InChI is InChI=1S/C29H38O/c1-3-4-23-9-19-29(20-10-23)30-21-24-7-13-26(14-8-24)28-17-15-27(16-18-28)25-11-5-22(2)6-12-25/h5-6,9,11-12,15-19,23-24,26,29H,3-4,7-8,10,13-14,20-21H2,1-2H3. The minimum Gasteiger partial charge on any atom is -0.374 e. The van der Waals surface area contributed by atoms with Crippen LogP contribution in [0.5, 0.6) is 0 Å². The van der Waals surface area contributed by atoms with E-state index in [1.54, 1.807) is 0 Å². The van der Waals surface area contributed by atoms with E-state index in [1.165, 1.54) is 73.6 Å². The Morgan fingerprint density at radius 3 is 2.03 bits per heavy atom. The van der Waals surface area contributed by atoms with E-state index in [9.17, 15) is 0 Å². The molecule has 0 bridgehead atoms. The van der Waals surface area contributed by atoms with Crippen molar-refractivity contribution in [2.45, 2.75) is 77.2 Å². The topological polar surface area (TPSA) is 9.23 Å². The van der Waals surface area contributed by atoms with Crippen LogP contribution in [0.1, 0.15) is 75.3 Å². The molecule has 2 aromatic carbocycles. The molecule has 2 aliphatic rings. The zero-order valence-corrected chi connectivity index (χ0v) is 18.9. The smallest absolute Gasteiger partial charge is 0.0756 e. The number of hydrogen-bond acceptors (Lipinski definition) is 1. The lowest BCUT2D eigenvalue weighted by Crippen LogP contribution is -2.23. The molecule has 0 spiro atoms. The summed E-state index contributed by atoms with van der Waals surface area (Å²) >= 11 is 0. The summed E-state index contributed by atoms with van der Waals surface area (Å²) in [4.78, 5) is 0. The second-order valence-electron chi connectivity index (χ2n) is 9.59. The van der Waals surface area contributed by atoms with E-state index in [1.807, 2.05) is 0 Å². The highest BCUT2D eigenvalue weighted by Gasteiger charge is 2.24. The Bertz CT molecular complexity index is 793. The molecule has 0 amide bonds. The lowest BCUT2D eigenvalue weighted by Gasteiger charge is -2.30. The summed E-state index contributed by atoms with van der Waals surface area (Å²) in [6, 6.07) is 18.2. The summed E-state index contributed by atoms with van der Waals surface area (Å²) < 4.78 is 6.28. The Balaban J connectivity index is 1.23. The molecule has 30 heavy (non-hydrogen) atoms. The van der Waals surface area contributed by atoms with Crippen LogP contribution in [0, 0.1) is 18.8 Å². The van der Waals surface area contributed by atoms with Gasteiger partial charge in [-0.3, -0.25) is 0 Å². The highest BCUT2D eigenvalue weighted by molar-refractivity contribution is 5.64. The average Bonchev–Trinajstić information content (AvgIpc) is 2.80. The Morgan fingerprint density at radius 2 is 1.43 bits per heavy atom. The van der Waals surface area contributed by atoms with Crippen LogP contribution in [0.3, 0.4) is 0 Å². The number of rotatable bonds is 7. The third-order valence-corrected chi connectivity index (χ3v) is 7.24. The van der Waals surface area contributed by atoms with E-state index in [4.69, 9.17) is 4.74 Å². The molecule has 2 unspecified atom stereocenters. The SMILES string of the molecule is CCCC1C=CC(OCC2CCC(c3ccc(-c4ccc(C)cc4)cc3)CC2)CC1. The lowest BCUT2D eigenvalue weighted by atomic mass is 9.79. The zero-order chi connectivity index (χ0) is 20.8. The number of ether oxygens (including phenoxy) is 1. The maximum absolute atomic E-state index is 6.28. The first-order chi connectivity index (χ1) is 14.7. The molecule has 0 aromatic heterocycles. The van der Waals surface area contributed by atoms with Crippen LogP contribution in [0.25, 0.3) is 11.1 Å². The van der Waals surface area contributed by atoms with Crippen LogP contribution in [-0.4, -0.2) is 12.7 Å². The van der Waals surface area contributed by atoms with Crippen LogP contribution in [0.2, 0.25) is 0 Å². The van der Waals surface area contributed by atoms with Gasteiger partial charge in [0.15, 0.2) is 0 Å². The predicted octanol–water partition coefficient (Wildman–Crippen LogP) is 8.09. The molecular formula is C29H38O. The van der Waals surface area contributed by atoms with Crippen molar-refractivity contribution in [2.75, 3.05) is 6.61 Å². The van der Waals surface area contributed by atoms with Crippen molar-refractivity contribution >= 4 is 0 Å². The fraction of sp³-hybridized carbons (Fsp3) is 0.517. The molecule has 0 saturated heterocycles. The van der Waals surface area contributed by atoms with Crippen molar-refractivity contribution in [3.05, 3.63) is 71.8 Å². The van der Waals surface area contributed by atoms with Gasteiger partial charge in [0.2, 0.25) is 0 Å². The maximum atomic E-state index is 6.28. The number of hydrogen-bond donors (Lipinski definition) is 0. The lowest BCUT2D eigenvalue weighted by molar-refractivity contribution is 0.0347. The van der Waals surface area contributed by atoms with Gasteiger partial charge < -0.3 is 4.74 Å². The molecule has 160 valence electrons. The molecule has 1 saturated carbocycles. The maximum Gasteiger partial charge on any atom is 0.0756 e. The second-order valence-corrected chi connectivity index (χ2v) is 9.59. The molecular weight excluding hydrogens is 364 g/mol. The van der Waals surface area contributed by atoms with Gasteiger partial charge in [0.25, 0.3) is 0 Å². The second kappa shape index (κ2) is 10.4. The van der Waals surface area contributed by atoms with E-state index in [0.717, 1.165) is 24.4 Å². The van der Waals surface area contributed by atoms with Crippen molar-refractivity contribution in [2.24, 2.45) is 11.8 Å². The average molecular weight is 403 g/mol. The molecule has 0 radical (unpaired) electrons. The Kier molecular flexibility index (Phi) is 7.44. The highest BCUT2D eigenvalue weighted by Crippen LogP contribution is 2.37. The van der Waals surface area contributed by atoms with Gasteiger partial charge in [0.05, 0.1) is 12.7 Å². The quantitative estimate of drug-likeness (QED) is 0.425. The van der Waals surface area contributed by atoms with E-state index < -0.39 is 0 Å². The van der Waals surface area contributed by atoms with E-state index in [-0.39, 0.29) is 0 Å². The van der Waals surface area contributed by atoms with Gasteiger partial charge in [0.1, 0.15) is 0 Å². The van der Waals surface area contributed by atoms with Crippen molar-refractivity contribution in [1.29, 1.82) is 0 Å². The third kappa shape index (κ3) is 5.64. The van der Waals surface area contributed by atoms with Crippen molar-refractivity contribution in [1.82, 2.24) is 0 Å². The molecule has 2 aromatic rings. The van der Waals surface area contributed by atoms with Gasteiger partial charge in [-0.1, -0.05) is 79.6 Å². The fourth-order valence-electron chi connectivity index (χ4n) is 5.22. The monoisotopic (exact) mass is 402 g/mol. The first kappa shape index (κ1) is 21.4. The Morgan fingerprint density at radius 1 is 0.767 bits per heavy atom. The first-order valence-electron chi connectivity index (χ1n) is 12.2. The van der Waals surface area contributed by atoms with E-state index >= 15 is 0 Å². The third-order valence-electron chi connectivity index (χ3n) is 7.24. The zero-order valence-electron chi connectivity index (χ0n) is 18.9. The van der Waals surface area contributed by atoms with Crippen LogP contribution in [0.4, 0.5) is 0 Å². The van der Waals surface area contributed by atoms with Crippen LogP contribution in [-0.2, 0) is 4.74 Å². The number of benzene rings is 2. The highest BCUT2D eigenvalue weighted by atomic mass is 16.5. The summed E-state index contributed by atoms with van der Waals surface area (Å²) in [5, 5.41) is 0. The van der Waals surface area contributed by atoms with E-state index in [0.29, 0.717) is 6.10 Å². The Hall–Kier alpha value is -1.86. The normalized spacial score (nSPS) is 26.6. The Labute approximate surface area is 183 Å². The molecule has 0 heterocycles. The van der Waals surface area contributed by atoms with Gasteiger partial charge in [-0.15, -0.1) is 0 Å². The first-order valence-corrected chi connectivity index (χ1v) is 12.2. The molecule has 4 rings (SSSR count). The molecule has 1 heteroatoms. The summed E-state index contributed by atoms with van der Waals surface area (Å²) in [6.07, 6.45) is 15.5. The minimum atomic E-state index is 0.366. The predicted molar refractivity (Wildman–Crippen MR) is 128 cm³/mol. The molecule has 1 fully saturated rings. The fourth-order valence-corrected chi connectivity index (χ4v) is 5.22. The molecule has 2 atom stereocenters. The number of aryl methyl sites for hydroxylation is 1. The summed E-state index contributed by atoms with van der Waals surface area (Å²) in [5.74, 6) is 2.26.